The molecule has 3 rings (SSSR count). The first-order valence-electron chi connectivity index (χ1n) is 11.4. The Labute approximate surface area is 186 Å². The Morgan fingerprint density at radius 2 is 1.26 bits per heavy atom. The second-order valence-electron chi connectivity index (χ2n) is 8.35. The molecule has 1 N–H and O–H groups in total. The molecule has 0 saturated heterocycles. The van der Waals surface area contributed by atoms with Gasteiger partial charge in [-0.15, -0.1) is 0 Å². The van der Waals surface area contributed by atoms with E-state index in [1.165, 1.54) is 11.1 Å². The Bertz CT molecular complexity index is 806. The Morgan fingerprint density at radius 3 is 1.81 bits per heavy atom. The van der Waals surface area contributed by atoms with Crippen LogP contribution in [0.2, 0.25) is 0 Å². The van der Waals surface area contributed by atoms with Crippen molar-refractivity contribution in [3.8, 4) is 0 Å². The predicted molar refractivity (Wildman–Crippen MR) is 125 cm³/mol. The van der Waals surface area contributed by atoms with Gasteiger partial charge in [-0.25, -0.2) is 0 Å². The predicted octanol–water partition coefficient (Wildman–Crippen LogP) is 4.73. The molecule has 1 heterocycles. The zero-order valence-electron chi connectivity index (χ0n) is 18.7. The quantitative estimate of drug-likeness (QED) is 0.686. The van der Waals surface area contributed by atoms with Crippen LogP contribution >= 0.6 is 0 Å². The second kappa shape index (κ2) is 12.4. The molecule has 0 spiro atoms. The van der Waals surface area contributed by atoms with Crippen LogP contribution in [0.15, 0.2) is 72.8 Å². The second-order valence-corrected chi connectivity index (χ2v) is 8.35. The molecule has 1 amide bonds. The molecule has 0 radical (unpaired) electrons. The van der Waals surface area contributed by atoms with E-state index in [1.807, 2.05) is 50.3 Å². The molecule has 4 atom stereocenters. The molecule has 1 aliphatic rings. The summed E-state index contributed by atoms with van der Waals surface area (Å²) in [5, 5.41) is 3.19. The molecule has 31 heavy (non-hydrogen) atoms. The van der Waals surface area contributed by atoms with Crippen molar-refractivity contribution in [3.63, 3.8) is 0 Å². The van der Waals surface area contributed by atoms with Gasteiger partial charge in [-0.2, -0.15) is 0 Å². The molecule has 0 bridgehead atoms. The van der Waals surface area contributed by atoms with Gasteiger partial charge in [0.2, 0.25) is 5.91 Å². The standard InChI is InChI=1S/C27H35NO3/c1-21-25(17-15-23-11-5-3-6-12-23)30-19-9-10-20-31-26(22(2)28-27(21)29)18-16-24-13-7-4-8-14-24/h3-14,21-22,25-26H,15-20H2,1-2H3,(H,28,29)/b10-9+/t21-,22-,25?,26+/m0/s1. The monoisotopic (exact) mass is 421 g/mol. The van der Waals surface area contributed by atoms with Gasteiger partial charge >= 0.3 is 0 Å². The highest BCUT2D eigenvalue weighted by Gasteiger charge is 2.28. The highest BCUT2D eigenvalue weighted by atomic mass is 16.5. The van der Waals surface area contributed by atoms with Crippen molar-refractivity contribution in [1.29, 1.82) is 0 Å². The van der Waals surface area contributed by atoms with E-state index in [4.69, 9.17) is 9.47 Å². The minimum Gasteiger partial charge on any atom is -0.373 e. The molecule has 166 valence electrons. The number of hydrogen-bond acceptors (Lipinski definition) is 3. The number of carbonyl (C=O) groups is 1. The van der Waals surface area contributed by atoms with Crippen LogP contribution in [0, 0.1) is 5.92 Å². The number of hydrogen-bond donors (Lipinski definition) is 1. The van der Waals surface area contributed by atoms with Gasteiger partial charge in [0.25, 0.3) is 0 Å². The lowest BCUT2D eigenvalue weighted by molar-refractivity contribution is -0.131. The summed E-state index contributed by atoms with van der Waals surface area (Å²) in [5.74, 6) is -0.197. The van der Waals surface area contributed by atoms with Crippen molar-refractivity contribution in [2.45, 2.75) is 57.8 Å². The minimum atomic E-state index is -0.228. The molecule has 2 aromatic rings. The van der Waals surface area contributed by atoms with Crippen molar-refractivity contribution >= 4 is 5.91 Å². The van der Waals surface area contributed by atoms with Gasteiger partial charge in [0.1, 0.15) is 0 Å². The molecule has 0 aliphatic carbocycles. The van der Waals surface area contributed by atoms with Crippen LogP contribution in [0.5, 0.6) is 0 Å². The normalized spacial score (nSPS) is 26.3. The largest absolute Gasteiger partial charge is 0.373 e. The van der Waals surface area contributed by atoms with E-state index in [-0.39, 0.29) is 30.1 Å². The van der Waals surface area contributed by atoms with Crippen LogP contribution < -0.4 is 5.32 Å². The fourth-order valence-corrected chi connectivity index (χ4v) is 3.97. The van der Waals surface area contributed by atoms with E-state index in [0.29, 0.717) is 13.2 Å². The van der Waals surface area contributed by atoms with Crippen LogP contribution in [-0.4, -0.2) is 37.4 Å². The van der Waals surface area contributed by atoms with Crippen LogP contribution in [0.25, 0.3) is 0 Å². The number of rotatable bonds is 6. The molecule has 4 nitrogen and oxygen atoms in total. The molecule has 1 unspecified atom stereocenters. The van der Waals surface area contributed by atoms with Gasteiger partial charge in [-0.3, -0.25) is 4.79 Å². The van der Waals surface area contributed by atoms with E-state index in [2.05, 4.69) is 41.7 Å². The maximum Gasteiger partial charge on any atom is 0.225 e. The fourth-order valence-electron chi connectivity index (χ4n) is 3.97. The van der Waals surface area contributed by atoms with Crippen molar-refractivity contribution in [2.75, 3.05) is 13.2 Å². The summed E-state index contributed by atoms with van der Waals surface area (Å²) in [7, 11) is 0. The van der Waals surface area contributed by atoms with E-state index in [9.17, 15) is 4.79 Å². The summed E-state index contributed by atoms with van der Waals surface area (Å²) in [4.78, 5) is 13.0. The van der Waals surface area contributed by atoms with Gasteiger partial charge in [-0.05, 0) is 43.7 Å². The summed E-state index contributed by atoms with van der Waals surface area (Å²) < 4.78 is 12.2. The van der Waals surface area contributed by atoms with Crippen molar-refractivity contribution in [1.82, 2.24) is 5.32 Å². The minimum absolute atomic E-state index is 0.0309. The zero-order chi connectivity index (χ0) is 21.9. The Balaban J connectivity index is 1.62. The van der Waals surface area contributed by atoms with Crippen LogP contribution in [0.3, 0.4) is 0 Å². The average molecular weight is 422 g/mol. The van der Waals surface area contributed by atoms with E-state index < -0.39 is 0 Å². The lowest BCUT2D eigenvalue weighted by atomic mass is 9.95. The first-order chi connectivity index (χ1) is 15.1. The summed E-state index contributed by atoms with van der Waals surface area (Å²) in [6, 6.07) is 20.7. The Kier molecular flexibility index (Phi) is 9.32. The summed E-state index contributed by atoms with van der Waals surface area (Å²) >= 11 is 0. The third-order valence-corrected chi connectivity index (χ3v) is 6.00. The number of ether oxygens (including phenoxy) is 2. The van der Waals surface area contributed by atoms with Gasteiger partial charge in [0, 0.05) is 0 Å². The number of carbonyl (C=O) groups excluding carboxylic acids is 1. The molecule has 0 fully saturated rings. The van der Waals surface area contributed by atoms with Gasteiger partial charge in [-0.1, -0.05) is 79.7 Å². The smallest absolute Gasteiger partial charge is 0.225 e. The molecular formula is C27H35NO3. The number of benzene rings is 2. The molecule has 0 aromatic heterocycles. The average Bonchev–Trinajstić information content (AvgIpc) is 2.80. The van der Waals surface area contributed by atoms with E-state index in [1.54, 1.807) is 0 Å². The number of aryl methyl sites for hydroxylation is 2. The van der Waals surface area contributed by atoms with Crippen molar-refractivity contribution in [3.05, 3.63) is 83.9 Å². The fraction of sp³-hybridized carbons (Fsp3) is 0.444. The SMILES string of the molecule is C[C@@H]1C(=O)N[C@@H](C)[C@@H](CCc2ccccc2)OC/C=C/COC1CCc1ccccc1. The topological polar surface area (TPSA) is 47.6 Å². The van der Waals surface area contributed by atoms with Crippen molar-refractivity contribution in [2.24, 2.45) is 5.92 Å². The number of nitrogens with one attached hydrogen (secondary N) is 1. The maximum atomic E-state index is 13.0. The molecule has 2 aromatic carbocycles. The summed E-state index contributed by atoms with van der Waals surface area (Å²) in [6.07, 6.45) is 7.35. The summed E-state index contributed by atoms with van der Waals surface area (Å²) in [5.41, 5.74) is 2.55. The molecule has 4 heteroatoms. The first-order valence-corrected chi connectivity index (χ1v) is 11.4. The molecular weight excluding hydrogens is 386 g/mol. The third-order valence-electron chi connectivity index (χ3n) is 6.00. The van der Waals surface area contributed by atoms with Gasteiger partial charge < -0.3 is 14.8 Å². The summed E-state index contributed by atoms with van der Waals surface area (Å²) in [6.45, 7) is 5.01. The lowest BCUT2D eigenvalue weighted by Crippen LogP contribution is -2.47. The van der Waals surface area contributed by atoms with E-state index >= 15 is 0 Å². The lowest BCUT2D eigenvalue weighted by Gasteiger charge is -2.29. The molecule has 0 saturated carbocycles. The maximum absolute atomic E-state index is 13.0. The highest BCUT2D eigenvalue weighted by Crippen LogP contribution is 2.18. The number of amides is 1. The highest BCUT2D eigenvalue weighted by molar-refractivity contribution is 5.79. The van der Waals surface area contributed by atoms with Crippen LogP contribution in [-0.2, 0) is 27.1 Å². The van der Waals surface area contributed by atoms with Gasteiger partial charge in [0.15, 0.2) is 0 Å². The van der Waals surface area contributed by atoms with Gasteiger partial charge in [0.05, 0.1) is 37.4 Å². The van der Waals surface area contributed by atoms with Crippen molar-refractivity contribution < 1.29 is 14.3 Å². The van der Waals surface area contributed by atoms with E-state index in [0.717, 1.165) is 25.7 Å². The zero-order valence-corrected chi connectivity index (χ0v) is 18.7. The molecule has 1 aliphatic heterocycles. The van der Waals surface area contributed by atoms with Crippen LogP contribution in [0.4, 0.5) is 0 Å². The Hall–Kier alpha value is -2.43. The first kappa shape index (κ1) is 23.2. The third kappa shape index (κ3) is 7.64. The van der Waals surface area contributed by atoms with Crippen LogP contribution in [0.1, 0.15) is 37.8 Å². The Morgan fingerprint density at radius 1 is 0.774 bits per heavy atom.